The highest BCUT2D eigenvalue weighted by Crippen LogP contribution is 2.54. The van der Waals surface area contributed by atoms with E-state index in [9.17, 15) is 14.9 Å². The van der Waals surface area contributed by atoms with Crippen molar-refractivity contribution in [1.82, 2.24) is 4.90 Å². The van der Waals surface area contributed by atoms with E-state index in [1.54, 1.807) is 29.2 Å². The molecular formula is C23H18N4O3. The number of fused-ring (bicyclic) bond motifs is 3. The fourth-order valence-electron chi connectivity index (χ4n) is 4.63. The van der Waals surface area contributed by atoms with Crippen LogP contribution in [0.1, 0.15) is 24.1 Å². The Kier molecular flexibility index (Phi) is 3.74. The molecule has 1 spiro atoms. The van der Waals surface area contributed by atoms with Gasteiger partial charge in [0.25, 0.3) is 5.91 Å². The zero-order valence-electron chi connectivity index (χ0n) is 16.2. The lowest BCUT2D eigenvalue weighted by Crippen LogP contribution is -2.45. The van der Waals surface area contributed by atoms with Gasteiger partial charge in [-0.15, -0.1) is 0 Å². The average Bonchev–Trinajstić information content (AvgIpc) is 3.23. The third kappa shape index (κ3) is 2.13. The number of ether oxygens (including phenoxy) is 1. The van der Waals surface area contributed by atoms with Gasteiger partial charge in [0.05, 0.1) is 18.2 Å². The van der Waals surface area contributed by atoms with E-state index in [1.807, 2.05) is 43.3 Å². The van der Waals surface area contributed by atoms with Gasteiger partial charge in [0.1, 0.15) is 17.4 Å². The predicted molar refractivity (Wildman–Crippen MR) is 108 cm³/mol. The summed E-state index contributed by atoms with van der Waals surface area (Å²) in [7, 11) is 0. The van der Waals surface area contributed by atoms with Crippen LogP contribution in [-0.4, -0.2) is 23.3 Å². The van der Waals surface area contributed by atoms with Crippen LogP contribution < -0.4 is 11.1 Å². The number of rotatable bonds is 2. The minimum absolute atomic E-state index is 0.0636. The number of hydrogen-bond acceptors (Lipinski definition) is 5. The molecule has 7 nitrogen and oxygen atoms in total. The normalized spacial score (nSPS) is 23.1. The Morgan fingerprint density at radius 3 is 2.60 bits per heavy atom. The third-order valence-electron chi connectivity index (χ3n) is 6.08. The molecule has 3 aliphatic rings. The largest absolute Gasteiger partial charge is 0.442 e. The van der Waals surface area contributed by atoms with E-state index in [4.69, 9.17) is 10.5 Å². The molecular weight excluding hydrogens is 380 g/mol. The Hall–Kier alpha value is -4.05. The zero-order valence-corrected chi connectivity index (χ0v) is 16.2. The molecule has 0 saturated carbocycles. The first-order valence-electron chi connectivity index (χ1n) is 9.58. The fourth-order valence-corrected chi connectivity index (χ4v) is 4.63. The minimum Gasteiger partial charge on any atom is -0.442 e. The maximum atomic E-state index is 13.7. The van der Waals surface area contributed by atoms with E-state index in [-0.39, 0.29) is 35.5 Å². The van der Waals surface area contributed by atoms with Crippen LogP contribution in [0.15, 0.2) is 77.4 Å². The number of anilines is 1. The van der Waals surface area contributed by atoms with Crippen molar-refractivity contribution in [2.24, 2.45) is 5.73 Å². The van der Waals surface area contributed by atoms with E-state index in [1.165, 1.54) is 0 Å². The number of para-hydroxylation sites is 1. The molecule has 3 heterocycles. The van der Waals surface area contributed by atoms with E-state index in [0.29, 0.717) is 17.0 Å². The van der Waals surface area contributed by atoms with Gasteiger partial charge >= 0.3 is 0 Å². The molecule has 0 bridgehead atoms. The first-order chi connectivity index (χ1) is 14.5. The monoisotopic (exact) mass is 398 g/mol. The molecule has 0 saturated heterocycles. The summed E-state index contributed by atoms with van der Waals surface area (Å²) in [6.07, 6.45) is 0. The molecule has 2 atom stereocenters. The summed E-state index contributed by atoms with van der Waals surface area (Å²) in [5.41, 5.74) is 6.63. The Balaban J connectivity index is 1.68. The van der Waals surface area contributed by atoms with E-state index < -0.39 is 11.3 Å². The summed E-state index contributed by atoms with van der Waals surface area (Å²) in [5, 5.41) is 12.7. The standard InChI is InChI=1S/C23H18N4O3/c1-13(14-7-3-2-4-8-14)27-12-18-19(21(27)28)23(16(11-24)20(25)30-18)15-9-5-6-10-17(15)26-22(23)29/h2-10,13H,12,25H2,1H3,(H,26,29)/t13-,23+/m0/s1. The van der Waals surface area contributed by atoms with Crippen LogP contribution >= 0.6 is 0 Å². The Labute approximate surface area is 173 Å². The Morgan fingerprint density at radius 1 is 1.17 bits per heavy atom. The van der Waals surface area contributed by atoms with Crippen molar-refractivity contribution < 1.29 is 14.3 Å². The molecule has 0 unspecified atom stereocenters. The topological polar surface area (TPSA) is 108 Å². The van der Waals surface area contributed by atoms with Crippen molar-refractivity contribution in [1.29, 1.82) is 5.26 Å². The molecule has 5 rings (SSSR count). The van der Waals surface area contributed by atoms with Gasteiger partial charge in [-0.3, -0.25) is 9.59 Å². The molecule has 2 amide bonds. The second-order valence-electron chi connectivity index (χ2n) is 7.52. The highest BCUT2D eigenvalue weighted by Gasteiger charge is 2.62. The number of carbonyl (C=O) groups excluding carboxylic acids is 2. The van der Waals surface area contributed by atoms with Gasteiger partial charge in [-0.1, -0.05) is 48.5 Å². The van der Waals surface area contributed by atoms with Gasteiger partial charge < -0.3 is 20.7 Å². The van der Waals surface area contributed by atoms with Crippen molar-refractivity contribution in [3.05, 3.63) is 88.5 Å². The summed E-state index contributed by atoms with van der Waals surface area (Å²) in [6.45, 7) is 2.09. The molecule has 2 aromatic carbocycles. The number of benzene rings is 2. The van der Waals surface area contributed by atoms with Crippen molar-refractivity contribution in [2.75, 3.05) is 11.9 Å². The molecule has 30 heavy (non-hydrogen) atoms. The summed E-state index contributed by atoms with van der Waals surface area (Å²) in [4.78, 5) is 28.7. The van der Waals surface area contributed by atoms with Crippen molar-refractivity contribution in [2.45, 2.75) is 18.4 Å². The molecule has 3 aliphatic heterocycles. The molecule has 0 aliphatic carbocycles. The van der Waals surface area contributed by atoms with Crippen molar-refractivity contribution >= 4 is 17.5 Å². The lowest BCUT2D eigenvalue weighted by atomic mass is 9.68. The number of nitrogens with zero attached hydrogens (tertiary/aromatic N) is 2. The van der Waals surface area contributed by atoms with Crippen LogP contribution in [0.3, 0.4) is 0 Å². The number of carbonyl (C=O) groups is 2. The maximum absolute atomic E-state index is 13.7. The van der Waals surface area contributed by atoms with Crippen molar-refractivity contribution in [3.63, 3.8) is 0 Å². The van der Waals surface area contributed by atoms with Crippen LogP contribution in [0.25, 0.3) is 0 Å². The van der Waals surface area contributed by atoms with Gasteiger partial charge in [0.2, 0.25) is 11.8 Å². The minimum atomic E-state index is -1.61. The van der Waals surface area contributed by atoms with Gasteiger partial charge in [-0.05, 0) is 18.6 Å². The number of nitriles is 1. The van der Waals surface area contributed by atoms with Crippen LogP contribution in [0, 0.1) is 11.3 Å². The van der Waals surface area contributed by atoms with Crippen LogP contribution in [0.5, 0.6) is 0 Å². The zero-order chi connectivity index (χ0) is 21.0. The quantitative estimate of drug-likeness (QED) is 0.808. The molecule has 3 N–H and O–H groups in total. The molecule has 0 aromatic heterocycles. The second kappa shape index (κ2) is 6.22. The van der Waals surface area contributed by atoms with E-state index in [2.05, 4.69) is 5.32 Å². The lowest BCUT2D eigenvalue weighted by molar-refractivity contribution is -0.129. The fraction of sp³-hybridized carbons (Fsp3) is 0.174. The Bertz CT molecular complexity index is 1210. The number of nitrogens with two attached hydrogens (primary N) is 1. The third-order valence-corrected chi connectivity index (χ3v) is 6.08. The lowest BCUT2D eigenvalue weighted by Gasteiger charge is -2.32. The highest BCUT2D eigenvalue weighted by atomic mass is 16.5. The highest BCUT2D eigenvalue weighted by molar-refractivity contribution is 6.19. The molecule has 7 heteroatoms. The molecule has 0 fully saturated rings. The SMILES string of the molecule is C[C@@H](c1ccccc1)N1CC2=C(C1=O)[C@]1(C(=O)Nc3ccccc31)C(C#N)=C(N)O2. The van der Waals surface area contributed by atoms with Crippen LogP contribution in [0.4, 0.5) is 5.69 Å². The van der Waals surface area contributed by atoms with Crippen molar-refractivity contribution in [3.8, 4) is 6.07 Å². The van der Waals surface area contributed by atoms with E-state index >= 15 is 0 Å². The van der Waals surface area contributed by atoms with Gasteiger partial charge in [-0.25, -0.2) is 0 Å². The molecule has 148 valence electrons. The smallest absolute Gasteiger partial charge is 0.256 e. The number of nitrogens with one attached hydrogen (secondary N) is 1. The van der Waals surface area contributed by atoms with E-state index in [0.717, 1.165) is 5.56 Å². The average molecular weight is 398 g/mol. The molecule has 2 aromatic rings. The molecule has 0 radical (unpaired) electrons. The summed E-state index contributed by atoms with van der Waals surface area (Å²) in [5.74, 6) is -0.647. The van der Waals surface area contributed by atoms with Crippen LogP contribution in [0.2, 0.25) is 0 Å². The van der Waals surface area contributed by atoms with Gasteiger partial charge in [-0.2, -0.15) is 5.26 Å². The summed E-state index contributed by atoms with van der Waals surface area (Å²) >= 11 is 0. The number of amides is 2. The first kappa shape index (κ1) is 18.0. The Morgan fingerprint density at radius 2 is 1.87 bits per heavy atom. The van der Waals surface area contributed by atoms with Gasteiger partial charge in [0.15, 0.2) is 5.41 Å². The summed E-state index contributed by atoms with van der Waals surface area (Å²) in [6, 6.07) is 18.4. The first-order valence-corrected chi connectivity index (χ1v) is 9.58. The predicted octanol–water partition coefficient (Wildman–Crippen LogP) is 2.46. The summed E-state index contributed by atoms with van der Waals surface area (Å²) < 4.78 is 5.72. The maximum Gasteiger partial charge on any atom is 0.256 e. The second-order valence-corrected chi connectivity index (χ2v) is 7.52. The van der Waals surface area contributed by atoms with Crippen LogP contribution in [-0.2, 0) is 19.7 Å². The van der Waals surface area contributed by atoms with Gasteiger partial charge in [0, 0.05) is 11.3 Å². The number of hydrogen-bond donors (Lipinski definition) is 2.